The van der Waals surface area contributed by atoms with Crippen molar-refractivity contribution in [1.82, 2.24) is 4.90 Å². The Hall–Kier alpha value is -2.49. The minimum absolute atomic E-state index is 0.0569. The zero-order valence-corrected chi connectivity index (χ0v) is 17.0. The number of hydrogen-bond donors (Lipinski definition) is 1. The molecule has 0 aliphatic rings. The lowest BCUT2D eigenvalue weighted by atomic mass is 9.95. The number of benzene rings is 2. The average molecular weight is 369 g/mol. The standard InChI is InChI=1S/C23H32N2O2/c1-23(2,3)17-25(16-15-18-9-12-20(27-4)13-10-18)22(26)14-11-19-7-5-6-8-21(19)24/h5-10,12-13H,11,14-17,24H2,1-4H3. The van der Waals surface area contributed by atoms with E-state index in [2.05, 4.69) is 32.9 Å². The van der Waals surface area contributed by atoms with Gasteiger partial charge >= 0.3 is 0 Å². The Morgan fingerprint density at radius 1 is 1.04 bits per heavy atom. The molecule has 0 aliphatic heterocycles. The van der Waals surface area contributed by atoms with Crippen molar-refractivity contribution in [3.8, 4) is 5.75 Å². The van der Waals surface area contributed by atoms with E-state index in [1.807, 2.05) is 41.3 Å². The second-order valence-corrected chi connectivity index (χ2v) is 8.17. The highest BCUT2D eigenvalue weighted by Crippen LogP contribution is 2.19. The van der Waals surface area contributed by atoms with Gasteiger partial charge in [-0.2, -0.15) is 0 Å². The quantitative estimate of drug-likeness (QED) is 0.706. The summed E-state index contributed by atoms with van der Waals surface area (Å²) in [5, 5.41) is 0. The minimum Gasteiger partial charge on any atom is -0.497 e. The van der Waals surface area contributed by atoms with Crippen LogP contribution in [0.4, 0.5) is 5.69 Å². The van der Waals surface area contributed by atoms with Crippen molar-refractivity contribution in [2.45, 2.75) is 40.0 Å². The van der Waals surface area contributed by atoms with Crippen LogP contribution in [-0.4, -0.2) is 31.0 Å². The summed E-state index contributed by atoms with van der Waals surface area (Å²) in [5.74, 6) is 1.03. The van der Waals surface area contributed by atoms with E-state index in [1.54, 1.807) is 7.11 Å². The SMILES string of the molecule is COc1ccc(CCN(CC(C)(C)C)C(=O)CCc2ccccc2N)cc1. The molecule has 2 aromatic rings. The van der Waals surface area contributed by atoms with Crippen LogP contribution >= 0.6 is 0 Å². The molecule has 2 aromatic carbocycles. The third-order valence-electron chi connectivity index (χ3n) is 4.51. The summed E-state index contributed by atoms with van der Waals surface area (Å²) in [6.07, 6.45) is 1.99. The summed E-state index contributed by atoms with van der Waals surface area (Å²) in [5.41, 5.74) is 9.06. The fraction of sp³-hybridized carbons (Fsp3) is 0.435. The second-order valence-electron chi connectivity index (χ2n) is 8.17. The molecule has 4 heteroatoms. The molecule has 1 amide bonds. The van der Waals surface area contributed by atoms with E-state index < -0.39 is 0 Å². The molecule has 0 saturated carbocycles. The average Bonchev–Trinajstić information content (AvgIpc) is 2.63. The lowest BCUT2D eigenvalue weighted by molar-refractivity contribution is -0.132. The third-order valence-corrected chi connectivity index (χ3v) is 4.51. The molecule has 0 unspecified atom stereocenters. The van der Waals surface area contributed by atoms with Gasteiger partial charge in [0.15, 0.2) is 0 Å². The Bertz CT molecular complexity index is 733. The van der Waals surface area contributed by atoms with Crippen LogP contribution in [-0.2, 0) is 17.6 Å². The van der Waals surface area contributed by atoms with Crippen molar-refractivity contribution >= 4 is 11.6 Å². The number of aryl methyl sites for hydroxylation is 1. The van der Waals surface area contributed by atoms with Crippen molar-refractivity contribution in [2.75, 3.05) is 25.9 Å². The lowest BCUT2D eigenvalue weighted by Crippen LogP contribution is -2.39. The molecule has 0 spiro atoms. The normalized spacial score (nSPS) is 11.3. The summed E-state index contributed by atoms with van der Waals surface area (Å²) >= 11 is 0. The van der Waals surface area contributed by atoms with Gasteiger partial charge in [-0.25, -0.2) is 0 Å². The zero-order chi connectivity index (χ0) is 19.9. The number of carbonyl (C=O) groups is 1. The highest BCUT2D eigenvalue weighted by Gasteiger charge is 2.21. The van der Waals surface area contributed by atoms with Crippen molar-refractivity contribution < 1.29 is 9.53 Å². The van der Waals surface area contributed by atoms with Crippen molar-refractivity contribution in [3.05, 3.63) is 59.7 Å². The maximum Gasteiger partial charge on any atom is 0.222 e. The molecule has 2 N–H and O–H groups in total. The third kappa shape index (κ3) is 6.97. The Morgan fingerprint density at radius 3 is 2.30 bits per heavy atom. The molecule has 0 fully saturated rings. The van der Waals surface area contributed by atoms with E-state index >= 15 is 0 Å². The second kappa shape index (κ2) is 9.45. The van der Waals surface area contributed by atoms with E-state index in [4.69, 9.17) is 10.5 Å². The number of rotatable bonds is 8. The van der Waals surface area contributed by atoms with E-state index in [1.165, 1.54) is 5.56 Å². The van der Waals surface area contributed by atoms with Gasteiger partial charge in [0.25, 0.3) is 0 Å². The van der Waals surface area contributed by atoms with Crippen molar-refractivity contribution in [1.29, 1.82) is 0 Å². The van der Waals surface area contributed by atoms with Gasteiger partial charge in [0.2, 0.25) is 5.91 Å². The summed E-state index contributed by atoms with van der Waals surface area (Å²) < 4.78 is 5.21. The van der Waals surface area contributed by atoms with Crippen LogP contribution in [0.2, 0.25) is 0 Å². The molecule has 0 bridgehead atoms. The Kier molecular flexibility index (Phi) is 7.28. The maximum absolute atomic E-state index is 12.9. The summed E-state index contributed by atoms with van der Waals surface area (Å²) in [6.45, 7) is 7.94. The summed E-state index contributed by atoms with van der Waals surface area (Å²) in [6, 6.07) is 15.8. The van der Waals surface area contributed by atoms with Crippen molar-refractivity contribution in [3.63, 3.8) is 0 Å². The molecule has 0 heterocycles. The summed E-state index contributed by atoms with van der Waals surface area (Å²) in [4.78, 5) is 14.9. The fourth-order valence-corrected chi connectivity index (χ4v) is 3.08. The Labute approximate surface area is 163 Å². The highest BCUT2D eigenvalue weighted by molar-refractivity contribution is 5.76. The molecule has 0 radical (unpaired) electrons. The van der Waals surface area contributed by atoms with Gasteiger partial charge < -0.3 is 15.4 Å². The summed E-state index contributed by atoms with van der Waals surface area (Å²) in [7, 11) is 1.66. The topological polar surface area (TPSA) is 55.6 Å². The van der Waals surface area contributed by atoms with Crippen molar-refractivity contribution in [2.24, 2.45) is 5.41 Å². The number of anilines is 1. The Balaban J connectivity index is 1.99. The van der Waals surface area contributed by atoms with Crippen LogP contribution < -0.4 is 10.5 Å². The molecule has 0 aromatic heterocycles. The number of nitrogens with zero attached hydrogens (tertiary/aromatic N) is 1. The number of para-hydroxylation sites is 1. The molecule has 4 nitrogen and oxygen atoms in total. The van der Waals surface area contributed by atoms with Gasteiger partial charge in [-0.1, -0.05) is 51.1 Å². The smallest absolute Gasteiger partial charge is 0.222 e. The molecule has 146 valence electrons. The van der Waals surface area contributed by atoms with Gasteiger partial charge in [0.05, 0.1) is 7.11 Å². The van der Waals surface area contributed by atoms with Gasteiger partial charge in [-0.15, -0.1) is 0 Å². The van der Waals surface area contributed by atoms with Crippen LogP contribution in [0.1, 0.15) is 38.3 Å². The fourth-order valence-electron chi connectivity index (χ4n) is 3.08. The number of hydrogen-bond acceptors (Lipinski definition) is 3. The Morgan fingerprint density at radius 2 is 1.70 bits per heavy atom. The van der Waals surface area contributed by atoms with Gasteiger partial charge in [0.1, 0.15) is 5.75 Å². The number of methoxy groups -OCH3 is 1. The lowest BCUT2D eigenvalue weighted by Gasteiger charge is -2.30. The molecule has 27 heavy (non-hydrogen) atoms. The van der Waals surface area contributed by atoms with Crippen LogP contribution in [0, 0.1) is 5.41 Å². The first-order valence-electron chi connectivity index (χ1n) is 9.52. The first-order chi connectivity index (χ1) is 12.8. The molecular formula is C23H32N2O2. The van der Waals surface area contributed by atoms with Crippen LogP contribution in [0.25, 0.3) is 0 Å². The first-order valence-corrected chi connectivity index (χ1v) is 9.52. The number of nitrogen functional groups attached to an aromatic ring is 1. The van der Waals surface area contributed by atoms with E-state index in [0.717, 1.165) is 30.0 Å². The first kappa shape index (κ1) is 20.8. The largest absolute Gasteiger partial charge is 0.497 e. The van der Waals surface area contributed by atoms with Crippen LogP contribution in [0.15, 0.2) is 48.5 Å². The predicted octanol–water partition coefficient (Wildman–Crippen LogP) is 4.33. The number of ether oxygens (including phenoxy) is 1. The van der Waals surface area contributed by atoms with Gasteiger partial charge in [0, 0.05) is 25.2 Å². The molecule has 2 rings (SSSR count). The predicted molar refractivity (Wildman–Crippen MR) is 112 cm³/mol. The van der Waals surface area contributed by atoms with Crippen LogP contribution in [0.3, 0.4) is 0 Å². The molecule has 0 saturated heterocycles. The van der Waals surface area contributed by atoms with Gasteiger partial charge in [-0.05, 0) is 47.6 Å². The number of carbonyl (C=O) groups excluding carboxylic acids is 1. The number of amides is 1. The van der Waals surface area contributed by atoms with E-state index in [9.17, 15) is 4.79 Å². The highest BCUT2D eigenvalue weighted by atomic mass is 16.5. The number of nitrogens with two attached hydrogens (primary N) is 1. The van der Waals surface area contributed by atoms with E-state index in [-0.39, 0.29) is 11.3 Å². The molecular weight excluding hydrogens is 336 g/mol. The zero-order valence-electron chi connectivity index (χ0n) is 17.0. The molecule has 0 atom stereocenters. The van der Waals surface area contributed by atoms with Crippen LogP contribution in [0.5, 0.6) is 5.75 Å². The van der Waals surface area contributed by atoms with E-state index in [0.29, 0.717) is 19.4 Å². The minimum atomic E-state index is 0.0569. The van der Waals surface area contributed by atoms with Gasteiger partial charge in [-0.3, -0.25) is 4.79 Å². The molecule has 0 aliphatic carbocycles. The monoisotopic (exact) mass is 368 g/mol. The maximum atomic E-state index is 12.9.